The lowest BCUT2D eigenvalue weighted by atomic mass is 9.86. The maximum absolute atomic E-state index is 4.81. The van der Waals surface area contributed by atoms with Crippen LogP contribution in [0.15, 0.2) is 30.6 Å². The molecule has 0 aliphatic heterocycles. The highest BCUT2D eigenvalue weighted by atomic mass is 32.1. The van der Waals surface area contributed by atoms with Gasteiger partial charge in [-0.3, -0.25) is 4.68 Å². The Morgan fingerprint density at radius 1 is 1.22 bits per heavy atom. The van der Waals surface area contributed by atoms with Crippen LogP contribution in [0.3, 0.4) is 0 Å². The molecule has 1 fully saturated rings. The average Bonchev–Trinajstić information content (AvgIpc) is 3.05. The van der Waals surface area contributed by atoms with Crippen molar-refractivity contribution in [3.8, 4) is 11.3 Å². The van der Waals surface area contributed by atoms with E-state index in [-0.39, 0.29) is 0 Å². The molecule has 4 heterocycles. The Bertz CT molecular complexity index is 1030. The summed E-state index contributed by atoms with van der Waals surface area (Å²) in [6.45, 7) is 0. The van der Waals surface area contributed by atoms with Crippen molar-refractivity contribution in [2.75, 3.05) is 0 Å². The van der Waals surface area contributed by atoms with Gasteiger partial charge in [-0.05, 0) is 31.0 Å². The van der Waals surface area contributed by atoms with Gasteiger partial charge in [0.15, 0.2) is 5.65 Å². The van der Waals surface area contributed by atoms with E-state index in [1.165, 1.54) is 24.3 Å². The van der Waals surface area contributed by atoms with Crippen molar-refractivity contribution in [1.82, 2.24) is 24.7 Å². The van der Waals surface area contributed by atoms with Crippen LogP contribution in [-0.4, -0.2) is 24.7 Å². The van der Waals surface area contributed by atoms with Crippen molar-refractivity contribution in [1.29, 1.82) is 0 Å². The van der Waals surface area contributed by atoms with E-state index >= 15 is 0 Å². The van der Waals surface area contributed by atoms with Crippen molar-refractivity contribution in [3.05, 3.63) is 35.6 Å². The molecule has 0 atom stereocenters. The lowest BCUT2D eigenvalue weighted by Crippen LogP contribution is -2.07. The zero-order valence-electron chi connectivity index (χ0n) is 12.7. The molecule has 4 aromatic rings. The number of aryl methyl sites for hydroxylation is 1. The summed E-state index contributed by atoms with van der Waals surface area (Å²) in [6.07, 6.45) is 7.70. The summed E-state index contributed by atoms with van der Waals surface area (Å²) in [6, 6.07) is 6.20. The van der Waals surface area contributed by atoms with Gasteiger partial charge in [0.05, 0.1) is 10.7 Å². The summed E-state index contributed by atoms with van der Waals surface area (Å²) in [5.41, 5.74) is 3.74. The summed E-state index contributed by atoms with van der Waals surface area (Å²) in [4.78, 5) is 15.0. The fraction of sp³-hybridized carbons (Fsp3) is 0.294. The van der Waals surface area contributed by atoms with Gasteiger partial charge in [0.1, 0.15) is 10.3 Å². The molecule has 0 spiro atoms. The van der Waals surface area contributed by atoms with Crippen molar-refractivity contribution in [2.45, 2.75) is 25.2 Å². The first-order valence-corrected chi connectivity index (χ1v) is 8.65. The fourth-order valence-corrected chi connectivity index (χ4v) is 4.10. The number of hydrogen-bond acceptors (Lipinski definition) is 5. The molecule has 0 amide bonds. The number of hydrogen-bond donors (Lipinski definition) is 0. The number of aromatic nitrogens is 5. The van der Waals surface area contributed by atoms with Gasteiger partial charge < -0.3 is 0 Å². The van der Waals surface area contributed by atoms with Crippen LogP contribution in [0, 0.1) is 0 Å². The highest BCUT2D eigenvalue weighted by Gasteiger charge is 2.23. The molecule has 1 aliphatic rings. The zero-order valence-corrected chi connectivity index (χ0v) is 13.5. The Hall–Kier alpha value is -2.34. The molecule has 1 saturated carbocycles. The molecule has 0 bridgehead atoms. The van der Waals surface area contributed by atoms with Crippen LogP contribution >= 0.6 is 11.3 Å². The van der Waals surface area contributed by atoms with Crippen LogP contribution < -0.4 is 0 Å². The first kappa shape index (κ1) is 13.1. The minimum absolute atomic E-state index is 0.658. The lowest BCUT2D eigenvalue weighted by Gasteiger charge is -2.22. The number of thiazole rings is 1. The Labute approximate surface area is 137 Å². The van der Waals surface area contributed by atoms with Crippen molar-refractivity contribution >= 4 is 32.7 Å². The maximum atomic E-state index is 4.81. The van der Waals surface area contributed by atoms with Gasteiger partial charge >= 0.3 is 0 Å². The molecule has 4 aromatic heterocycles. The SMILES string of the molecule is Cn1cc2cc(-c3ccc4nc(C5CCC5)sc4n3)cnc2n1. The maximum Gasteiger partial charge on any atom is 0.181 e. The van der Waals surface area contributed by atoms with Gasteiger partial charge in [-0.1, -0.05) is 17.8 Å². The molecular formula is C17H15N5S. The van der Waals surface area contributed by atoms with Gasteiger partial charge in [0.25, 0.3) is 0 Å². The van der Waals surface area contributed by atoms with Gasteiger partial charge in [-0.15, -0.1) is 0 Å². The molecule has 5 rings (SSSR count). The quantitative estimate of drug-likeness (QED) is 0.562. The standard InChI is InChI=1S/C17H15N5S/c1-22-9-12-7-11(8-18-15(12)21-22)13-5-6-14-17(19-13)23-16(20-14)10-3-2-4-10/h5-10H,2-4H2,1H3. The molecule has 6 heteroatoms. The van der Waals surface area contributed by atoms with Crippen LogP contribution in [0.25, 0.3) is 32.6 Å². The van der Waals surface area contributed by atoms with Gasteiger partial charge in [-0.25, -0.2) is 15.0 Å². The number of nitrogens with zero attached hydrogens (tertiary/aromatic N) is 5. The van der Waals surface area contributed by atoms with Crippen LogP contribution in [0.1, 0.15) is 30.2 Å². The van der Waals surface area contributed by atoms with Crippen LogP contribution in [0.5, 0.6) is 0 Å². The second kappa shape index (κ2) is 4.83. The summed E-state index contributed by atoms with van der Waals surface area (Å²) >= 11 is 1.74. The van der Waals surface area contributed by atoms with Crippen LogP contribution in [0.2, 0.25) is 0 Å². The first-order valence-electron chi connectivity index (χ1n) is 7.83. The Morgan fingerprint density at radius 2 is 2.13 bits per heavy atom. The third-order valence-corrected chi connectivity index (χ3v) is 5.62. The zero-order chi connectivity index (χ0) is 15.4. The minimum atomic E-state index is 0.658. The molecule has 114 valence electrons. The van der Waals surface area contributed by atoms with Gasteiger partial charge in [0.2, 0.25) is 0 Å². The molecular weight excluding hydrogens is 306 g/mol. The third kappa shape index (κ3) is 2.13. The molecule has 1 aliphatic carbocycles. The summed E-state index contributed by atoms with van der Waals surface area (Å²) in [5.74, 6) is 0.658. The second-order valence-electron chi connectivity index (χ2n) is 6.14. The number of fused-ring (bicyclic) bond motifs is 2. The summed E-state index contributed by atoms with van der Waals surface area (Å²) in [7, 11) is 1.91. The molecule has 0 radical (unpaired) electrons. The predicted molar refractivity (Wildman–Crippen MR) is 91.5 cm³/mol. The fourth-order valence-electron chi connectivity index (χ4n) is 3.00. The first-order chi connectivity index (χ1) is 11.3. The van der Waals surface area contributed by atoms with Crippen molar-refractivity contribution in [2.24, 2.45) is 7.05 Å². The lowest BCUT2D eigenvalue weighted by molar-refractivity contribution is 0.419. The summed E-state index contributed by atoms with van der Waals surface area (Å²) in [5, 5.41) is 6.59. The Kier molecular flexibility index (Phi) is 2.76. The topological polar surface area (TPSA) is 56.5 Å². The van der Waals surface area contributed by atoms with E-state index in [2.05, 4.69) is 22.2 Å². The molecule has 0 N–H and O–H groups in total. The highest BCUT2D eigenvalue weighted by molar-refractivity contribution is 7.18. The van der Waals surface area contributed by atoms with E-state index in [4.69, 9.17) is 9.97 Å². The third-order valence-electron chi connectivity index (χ3n) is 4.50. The molecule has 23 heavy (non-hydrogen) atoms. The van der Waals surface area contributed by atoms with E-state index in [0.29, 0.717) is 5.92 Å². The largest absolute Gasteiger partial charge is 0.273 e. The van der Waals surface area contributed by atoms with E-state index in [9.17, 15) is 0 Å². The molecule has 5 nitrogen and oxygen atoms in total. The van der Waals surface area contributed by atoms with E-state index in [0.717, 1.165) is 32.6 Å². The Morgan fingerprint density at radius 3 is 2.96 bits per heavy atom. The molecule has 0 aromatic carbocycles. The van der Waals surface area contributed by atoms with Crippen molar-refractivity contribution in [3.63, 3.8) is 0 Å². The number of pyridine rings is 2. The summed E-state index contributed by atoms with van der Waals surface area (Å²) < 4.78 is 1.78. The highest BCUT2D eigenvalue weighted by Crippen LogP contribution is 2.39. The van der Waals surface area contributed by atoms with Crippen LogP contribution in [-0.2, 0) is 7.05 Å². The predicted octanol–water partition coefficient (Wildman–Crippen LogP) is 3.91. The van der Waals surface area contributed by atoms with E-state index < -0.39 is 0 Å². The normalized spacial score (nSPS) is 15.3. The van der Waals surface area contributed by atoms with Crippen molar-refractivity contribution < 1.29 is 0 Å². The van der Waals surface area contributed by atoms with Gasteiger partial charge in [-0.2, -0.15) is 5.10 Å². The van der Waals surface area contributed by atoms with Crippen LogP contribution in [0.4, 0.5) is 0 Å². The molecule has 0 unspecified atom stereocenters. The van der Waals surface area contributed by atoms with E-state index in [1.54, 1.807) is 16.0 Å². The monoisotopic (exact) mass is 321 g/mol. The average molecular weight is 321 g/mol. The number of rotatable bonds is 2. The molecule has 0 saturated heterocycles. The second-order valence-corrected chi connectivity index (χ2v) is 7.15. The van der Waals surface area contributed by atoms with E-state index in [1.807, 2.05) is 25.5 Å². The van der Waals surface area contributed by atoms with Gasteiger partial charge in [0, 0.05) is 36.3 Å². The minimum Gasteiger partial charge on any atom is -0.273 e. The Balaban J connectivity index is 1.59. The smallest absolute Gasteiger partial charge is 0.181 e.